The molecule has 0 aliphatic carbocycles. The summed E-state index contributed by atoms with van der Waals surface area (Å²) in [5, 5.41) is 3.47. The molecule has 0 amide bonds. The van der Waals surface area contributed by atoms with Crippen LogP contribution in [0.2, 0.25) is 0 Å². The number of nitrogens with zero attached hydrogens (tertiary/aromatic N) is 1. The maximum atomic E-state index is 3.47. The van der Waals surface area contributed by atoms with Gasteiger partial charge in [-0.05, 0) is 63.3 Å². The first-order valence-corrected chi connectivity index (χ1v) is 6.94. The fraction of sp³-hybridized carbons (Fsp3) is 1.00. The first-order valence-electron chi connectivity index (χ1n) is 6.94. The van der Waals surface area contributed by atoms with E-state index in [1.165, 1.54) is 45.4 Å². The third-order valence-electron chi connectivity index (χ3n) is 3.57. The predicted molar refractivity (Wildman–Crippen MR) is 71.8 cm³/mol. The lowest BCUT2D eigenvalue weighted by atomic mass is 9.91. The number of hydrogen-bond donors (Lipinski definition) is 1. The minimum Gasteiger partial charge on any atom is -0.317 e. The fourth-order valence-electron chi connectivity index (χ4n) is 2.26. The van der Waals surface area contributed by atoms with Crippen LogP contribution in [0.1, 0.15) is 47.0 Å². The Hall–Kier alpha value is -0.0800. The summed E-state index contributed by atoms with van der Waals surface area (Å²) in [7, 11) is 0. The Morgan fingerprint density at radius 1 is 1.19 bits per heavy atom. The van der Waals surface area contributed by atoms with Gasteiger partial charge in [-0.1, -0.05) is 27.7 Å². The summed E-state index contributed by atoms with van der Waals surface area (Å²) >= 11 is 0. The zero-order chi connectivity index (χ0) is 12.0. The molecule has 1 aliphatic rings. The standard InChI is InChI=1S/C14H30N2/c1-5-15-12-13-6-9-16(10-7-13)11-8-14(2,3)4/h13,15H,5-12H2,1-4H3. The lowest BCUT2D eigenvalue weighted by Crippen LogP contribution is -2.38. The van der Waals surface area contributed by atoms with Crippen LogP contribution in [0.5, 0.6) is 0 Å². The molecular formula is C14H30N2. The van der Waals surface area contributed by atoms with Gasteiger partial charge in [0.2, 0.25) is 0 Å². The molecule has 1 aliphatic heterocycles. The van der Waals surface area contributed by atoms with Gasteiger partial charge in [0.1, 0.15) is 0 Å². The summed E-state index contributed by atoms with van der Waals surface area (Å²) in [5.74, 6) is 0.922. The zero-order valence-electron chi connectivity index (χ0n) is 11.7. The number of hydrogen-bond acceptors (Lipinski definition) is 2. The normalized spacial score (nSPS) is 20.2. The maximum Gasteiger partial charge on any atom is -0.00137 e. The molecule has 0 spiro atoms. The summed E-state index contributed by atoms with van der Waals surface area (Å²) < 4.78 is 0. The van der Waals surface area contributed by atoms with Crippen LogP contribution in [0.3, 0.4) is 0 Å². The van der Waals surface area contributed by atoms with Crippen molar-refractivity contribution in [3.05, 3.63) is 0 Å². The number of likely N-dealkylation sites (tertiary alicyclic amines) is 1. The van der Waals surface area contributed by atoms with Gasteiger partial charge in [0, 0.05) is 0 Å². The van der Waals surface area contributed by atoms with E-state index in [0.29, 0.717) is 5.41 Å². The van der Waals surface area contributed by atoms with Crippen LogP contribution in [0.15, 0.2) is 0 Å². The quantitative estimate of drug-likeness (QED) is 0.775. The summed E-state index contributed by atoms with van der Waals surface area (Å²) in [4.78, 5) is 2.65. The highest BCUT2D eigenvalue weighted by Gasteiger charge is 2.20. The summed E-state index contributed by atoms with van der Waals surface area (Å²) in [5.41, 5.74) is 0.487. The molecule has 1 saturated heterocycles. The van der Waals surface area contributed by atoms with Crippen molar-refractivity contribution in [2.75, 3.05) is 32.7 Å². The van der Waals surface area contributed by atoms with Crippen molar-refractivity contribution < 1.29 is 0 Å². The number of nitrogens with one attached hydrogen (secondary N) is 1. The number of rotatable bonds is 5. The predicted octanol–water partition coefficient (Wildman–Crippen LogP) is 2.74. The van der Waals surface area contributed by atoms with Gasteiger partial charge < -0.3 is 10.2 Å². The van der Waals surface area contributed by atoms with Gasteiger partial charge in [0.25, 0.3) is 0 Å². The molecule has 0 saturated carbocycles. The average molecular weight is 226 g/mol. The van der Waals surface area contributed by atoms with E-state index in [2.05, 4.69) is 37.9 Å². The van der Waals surface area contributed by atoms with E-state index in [1.54, 1.807) is 0 Å². The largest absolute Gasteiger partial charge is 0.317 e. The Kier molecular flexibility index (Phi) is 5.77. The molecule has 96 valence electrons. The Labute approximate surface area is 102 Å². The average Bonchev–Trinajstić information content (AvgIpc) is 2.24. The molecule has 0 aromatic rings. The molecule has 16 heavy (non-hydrogen) atoms. The molecule has 1 rings (SSSR count). The second-order valence-electron chi connectivity index (χ2n) is 6.40. The van der Waals surface area contributed by atoms with E-state index in [4.69, 9.17) is 0 Å². The zero-order valence-corrected chi connectivity index (χ0v) is 11.7. The van der Waals surface area contributed by atoms with E-state index < -0.39 is 0 Å². The molecule has 0 aromatic heterocycles. The second kappa shape index (κ2) is 6.61. The monoisotopic (exact) mass is 226 g/mol. The van der Waals surface area contributed by atoms with Gasteiger partial charge in [-0.3, -0.25) is 0 Å². The minimum atomic E-state index is 0.487. The molecule has 1 fully saturated rings. The van der Waals surface area contributed by atoms with E-state index in [1.807, 2.05) is 0 Å². The molecule has 0 aromatic carbocycles. The SMILES string of the molecule is CCNCC1CCN(CCC(C)(C)C)CC1. The third-order valence-corrected chi connectivity index (χ3v) is 3.57. The van der Waals surface area contributed by atoms with E-state index >= 15 is 0 Å². The lowest BCUT2D eigenvalue weighted by molar-refractivity contribution is 0.162. The smallest absolute Gasteiger partial charge is 0.00137 e. The van der Waals surface area contributed by atoms with Gasteiger partial charge in [-0.2, -0.15) is 0 Å². The van der Waals surface area contributed by atoms with E-state index in [9.17, 15) is 0 Å². The van der Waals surface area contributed by atoms with Crippen LogP contribution < -0.4 is 5.32 Å². The highest BCUT2D eigenvalue weighted by Crippen LogP contribution is 2.22. The van der Waals surface area contributed by atoms with E-state index in [-0.39, 0.29) is 0 Å². The molecule has 2 nitrogen and oxygen atoms in total. The van der Waals surface area contributed by atoms with Crippen molar-refractivity contribution in [3.63, 3.8) is 0 Å². The lowest BCUT2D eigenvalue weighted by Gasteiger charge is -2.33. The van der Waals surface area contributed by atoms with Crippen LogP contribution in [0, 0.1) is 11.3 Å². The molecule has 2 heteroatoms. The Morgan fingerprint density at radius 2 is 1.81 bits per heavy atom. The van der Waals surface area contributed by atoms with Crippen molar-refractivity contribution >= 4 is 0 Å². The Morgan fingerprint density at radius 3 is 2.31 bits per heavy atom. The molecule has 0 atom stereocenters. The summed E-state index contributed by atoms with van der Waals surface area (Å²) in [6.07, 6.45) is 4.10. The summed E-state index contributed by atoms with van der Waals surface area (Å²) in [6, 6.07) is 0. The van der Waals surface area contributed by atoms with Gasteiger partial charge in [-0.25, -0.2) is 0 Å². The van der Waals surface area contributed by atoms with Gasteiger partial charge in [0.05, 0.1) is 0 Å². The molecular weight excluding hydrogens is 196 g/mol. The molecule has 0 radical (unpaired) electrons. The van der Waals surface area contributed by atoms with E-state index in [0.717, 1.165) is 12.5 Å². The third kappa shape index (κ3) is 5.86. The first-order chi connectivity index (χ1) is 7.51. The Balaban J connectivity index is 2.12. The van der Waals surface area contributed by atoms with Crippen LogP contribution in [0.4, 0.5) is 0 Å². The van der Waals surface area contributed by atoms with Crippen molar-refractivity contribution in [2.24, 2.45) is 11.3 Å². The van der Waals surface area contributed by atoms with Crippen molar-refractivity contribution in [2.45, 2.75) is 47.0 Å². The van der Waals surface area contributed by atoms with Crippen molar-refractivity contribution in [1.82, 2.24) is 10.2 Å². The fourth-order valence-corrected chi connectivity index (χ4v) is 2.26. The van der Waals surface area contributed by atoms with Crippen molar-refractivity contribution in [3.8, 4) is 0 Å². The maximum absolute atomic E-state index is 3.47. The van der Waals surface area contributed by atoms with Crippen LogP contribution in [-0.4, -0.2) is 37.6 Å². The Bertz CT molecular complexity index is 176. The van der Waals surface area contributed by atoms with Gasteiger partial charge in [0.15, 0.2) is 0 Å². The molecule has 0 unspecified atom stereocenters. The van der Waals surface area contributed by atoms with Crippen LogP contribution in [0.25, 0.3) is 0 Å². The molecule has 0 bridgehead atoms. The van der Waals surface area contributed by atoms with Crippen LogP contribution in [-0.2, 0) is 0 Å². The highest BCUT2D eigenvalue weighted by atomic mass is 15.1. The number of piperidine rings is 1. The second-order valence-corrected chi connectivity index (χ2v) is 6.40. The summed E-state index contributed by atoms with van der Waals surface area (Å²) in [6.45, 7) is 15.5. The highest BCUT2D eigenvalue weighted by molar-refractivity contribution is 4.75. The van der Waals surface area contributed by atoms with Gasteiger partial charge >= 0.3 is 0 Å². The van der Waals surface area contributed by atoms with Crippen LogP contribution >= 0.6 is 0 Å². The topological polar surface area (TPSA) is 15.3 Å². The van der Waals surface area contributed by atoms with Gasteiger partial charge in [-0.15, -0.1) is 0 Å². The van der Waals surface area contributed by atoms with Crippen molar-refractivity contribution in [1.29, 1.82) is 0 Å². The molecule has 1 heterocycles. The first kappa shape index (κ1) is 14.0. The molecule has 1 N–H and O–H groups in total. The minimum absolute atomic E-state index is 0.487.